The van der Waals surface area contributed by atoms with Gasteiger partial charge < -0.3 is 5.73 Å². The molecule has 3 rings (SSSR count). The normalized spacial score (nSPS) is 12.0. The first-order chi connectivity index (χ1) is 10.1. The summed E-state index contributed by atoms with van der Waals surface area (Å²) in [5.41, 5.74) is 7.37. The summed E-state index contributed by atoms with van der Waals surface area (Å²) in [5.74, 6) is 0.00392. The van der Waals surface area contributed by atoms with Gasteiger partial charge in [0.2, 0.25) is 0 Å². The third kappa shape index (κ3) is 2.78. The summed E-state index contributed by atoms with van der Waals surface area (Å²) in [5, 5.41) is 3.95. The van der Waals surface area contributed by atoms with Crippen LogP contribution in [-0.2, 0) is 16.4 Å². The van der Waals surface area contributed by atoms with Gasteiger partial charge >= 0.3 is 0 Å². The maximum Gasteiger partial charge on any atom is 0.260 e. The standard InChI is InChI=1S/C13H14N4O2S2/c14-12-13(17-7-2-1-3-11(17)16-12)21(18,19)15-6-4-10-5-8-20-9-10/h1-3,5,7-9,15H,4,6,14H2. The molecular weight excluding hydrogens is 308 g/mol. The highest BCUT2D eigenvalue weighted by Gasteiger charge is 2.23. The number of hydrogen-bond donors (Lipinski definition) is 2. The molecule has 0 amide bonds. The van der Waals surface area contributed by atoms with Crippen molar-refractivity contribution in [2.45, 2.75) is 11.4 Å². The number of anilines is 1. The topological polar surface area (TPSA) is 89.5 Å². The van der Waals surface area contributed by atoms with Gasteiger partial charge in [0.15, 0.2) is 10.8 Å². The zero-order valence-corrected chi connectivity index (χ0v) is 12.7. The van der Waals surface area contributed by atoms with E-state index >= 15 is 0 Å². The number of rotatable bonds is 5. The first kappa shape index (κ1) is 14.1. The van der Waals surface area contributed by atoms with Crippen LogP contribution in [-0.4, -0.2) is 24.3 Å². The maximum atomic E-state index is 12.4. The minimum Gasteiger partial charge on any atom is -0.381 e. The summed E-state index contributed by atoms with van der Waals surface area (Å²) in [6.07, 6.45) is 2.27. The Labute approximate surface area is 126 Å². The van der Waals surface area contributed by atoms with Crippen LogP contribution in [0.15, 0.2) is 46.2 Å². The molecule has 3 heterocycles. The van der Waals surface area contributed by atoms with E-state index in [2.05, 4.69) is 9.71 Å². The highest BCUT2D eigenvalue weighted by atomic mass is 32.2. The average Bonchev–Trinajstić information content (AvgIpc) is 3.04. The lowest BCUT2D eigenvalue weighted by atomic mass is 10.2. The fraction of sp³-hybridized carbons (Fsp3) is 0.154. The lowest BCUT2D eigenvalue weighted by Crippen LogP contribution is -2.27. The van der Waals surface area contributed by atoms with Crippen molar-refractivity contribution in [2.24, 2.45) is 0 Å². The van der Waals surface area contributed by atoms with Crippen LogP contribution >= 0.6 is 11.3 Å². The van der Waals surface area contributed by atoms with Gasteiger partial charge in [-0.15, -0.1) is 0 Å². The van der Waals surface area contributed by atoms with Crippen LogP contribution in [0, 0.1) is 0 Å². The zero-order valence-electron chi connectivity index (χ0n) is 11.1. The number of thiophene rings is 1. The number of pyridine rings is 1. The van der Waals surface area contributed by atoms with Crippen molar-refractivity contribution in [1.29, 1.82) is 0 Å². The molecule has 3 N–H and O–H groups in total. The van der Waals surface area contributed by atoms with Gasteiger partial charge in [-0.3, -0.25) is 4.40 Å². The molecule has 0 radical (unpaired) electrons. The number of nitrogens with zero attached hydrogens (tertiary/aromatic N) is 2. The largest absolute Gasteiger partial charge is 0.381 e. The van der Waals surface area contributed by atoms with Crippen LogP contribution in [0.4, 0.5) is 5.82 Å². The molecule has 0 spiro atoms. The van der Waals surface area contributed by atoms with E-state index in [1.807, 2.05) is 16.8 Å². The average molecular weight is 322 g/mol. The molecule has 0 aromatic carbocycles. The number of imidazole rings is 1. The highest BCUT2D eigenvalue weighted by molar-refractivity contribution is 7.89. The number of nitrogens with two attached hydrogens (primary N) is 1. The lowest BCUT2D eigenvalue weighted by Gasteiger charge is -2.06. The maximum absolute atomic E-state index is 12.4. The number of sulfonamides is 1. The van der Waals surface area contributed by atoms with Crippen molar-refractivity contribution in [1.82, 2.24) is 14.1 Å². The molecular formula is C13H14N4O2S2. The molecule has 0 saturated heterocycles. The summed E-state index contributed by atoms with van der Waals surface area (Å²) in [6.45, 7) is 0.318. The summed E-state index contributed by atoms with van der Waals surface area (Å²) in [7, 11) is -3.70. The Morgan fingerprint density at radius 1 is 1.33 bits per heavy atom. The summed E-state index contributed by atoms with van der Waals surface area (Å²) < 4.78 is 28.9. The first-order valence-corrected chi connectivity index (χ1v) is 8.74. The molecule has 0 aliphatic rings. The van der Waals surface area contributed by atoms with Crippen molar-refractivity contribution in [3.63, 3.8) is 0 Å². The summed E-state index contributed by atoms with van der Waals surface area (Å²) in [6, 6.07) is 7.20. The van der Waals surface area contributed by atoms with Crippen molar-refractivity contribution in [2.75, 3.05) is 12.3 Å². The zero-order chi connectivity index (χ0) is 14.9. The van der Waals surface area contributed by atoms with Crippen molar-refractivity contribution >= 4 is 32.8 Å². The molecule has 0 aliphatic heterocycles. The predicted molar refractivity (Wildman–Crippen MR) is 82.8 cm³/mol. The Morgan fingerprint density at radius 2 is 2.19 bits per heavy atom. The molecule has 0 fully saturated rings. The second-order valence-corrected chi connectivity index (χ2v) is 6.97. The Bertz CT molecular complexity index is 854. The summed E-state index contributed by atoms with van der Waals surface area (Å²) in [4.78, 5) is 4.06. The fourth-order valence-corrected chi connectivity index (χ4v) is 4.04. The lowest BCUT2D eigenvalue weighted by molar-refractivity contribution is 0.577. The fourth-order valence-electron chi connectivity index (χ4n) is 2.09. The molecule has 21 heavy (non-hydrogen) atoms. The number of aromatic nitrogens is 2. The van der Waals surface area contributed by atoms with Gasteiger partial charge in [0.05, 0.1) is 0 Å². The van der Waals surface area contributed by atoms with E-state index in [4.69, 9.17) is 5.73 Å². The van der Waals surface area contributed by atoms with E-state index in [0.29, 0.717) is 18.6 Å². The molecule has 110 valence electrons. The number of nitrogen functional groups attached to an aromatic ring is 1. The number of hydrogen-bond acceptors (Lipinski definition) is 5. The molecule has 0 unspecified atom stereocenters. The molecule has 0 bridgehead atoms. The third-order valence-electron chi connectivity index (χ3n) is 3.05. The van der Waals surface area contributed by atoms with Crippen LogP contribution in [0.25, 0.3) is 5.65 Å². The van der Waals surface area contributed by atoms with E-state index in [9.17, 15) is 8.42 Å². The van der Waals surface area contributed by atoms with Crippen molar-refractivity contribution < 1.29 is 8.42 Å². The van der Waals surface area contributed by atoms with E-state index in [1.165, 1.54) is 4.40 Å². The first-order valence-electron chi connectivity index (χ1n) is 6.31. The van der Waals surface area contributed by atoms with E-state index in [-0.39, 0.29) is 10.8 Å². The van der Waals surface area contributed by atoms with E-state index in [0.717, 1.165) is 5.56 Å². The van der Waals surface area contributed by atoms with Gasteiger partial charge in [-0.2, -0.15) is 11.3 Å². The van der Waals surface area contributed by atoms with Crippen molar-refractivity contribution in [3.05, 3.63) is 46.8 Å². The van der Waals surface area contributed by atoms with Crippen molar-refractivity contribution in [3.8, 4) is 0 Å². The van der Waals surface area contributed by atoms with Crippen LogP contribution < -0.4 is 10.5 Å². The molecule has 3 aromatic rings. The second kappa shape index (κ2) is 5.47. The Balaban J connectivity index is 1.84. The SMILES string of the molecule is Nc1nc2ccccn2c1S(=O)(=O)NCCc1ccsc1. The molecule has 8 heteroatoms. The van der Waals surface area contributed by atoms with Crippen LogP contribution in [0.3, 0.4) is 0 Å². The summed E-state index contributed by atoms with van der Waals surface area (Å²) >= 11 is 1.59. The van der Waals surface area contributed by atoms with Crippen LogP contribution in [0.2, 0.25) is 0 Å². The molecule has 0 saturated carbocycles. The van der Waals surface area contributed by atoms with Gasteiger partial charge in [0, 0.05) is 12.7 Å². The Morgan fingerprint density at radius 3 is 2.95 bits per heavy atom. The van der Waals surface area contributed by atoms with E-state index in [1.54, 1.807) is 35.7 Å². The molecule has 6 nitrogen and oxygen atoms in total. The molecule has 0 atom stereocenters. The van der Waals surface area contributed by atoms with Gasteiger partial charge in [-0.25, -0.2) is 18.1 Å². The predicted octanol–water partition coefficient (Wildman–Crippen LogP) is 1.50. The van der Waals surface area contributed by atoms with Crippen LogP contribution in [0.5, 0.6) is 0 Å². The smallest absolute Gasteiger partial charge is 0.260 e. The highest BCUT2D eigenvalue weighted by Crippen LogP contribution is 2.19. The third-order valence-corrected chi connectivity index (χ3v) is 5.28. The Hall–Kier alpha value is -1.90. The number of nitrogens with one attached hydrogen (secondary N) is 1. The Kier molecular flexibility index (Phi) is 3.66. The second-order valence-electron chi connectivity index (χ2n) is 4.51. The number of fused-ring (bicyclic) bond motifs is 1. The monoisotopic (exact) mass is 322 g/mol. The minimum absolute atomic E-state index is 0.00392. The quantitative estimate of drug-likeness (QED) is 0.745. The van der Waals surface area contributed by atoms with Gasteiger partial charge in [0.25, 0.3) is 10.0 Å². The van der Waals surface area contributed by atoms with E-state index < -0.39 is 10.0 Å². The molecule has 3 aromatic heterocycles. The minimum atomic E-state index is -3.70. The van der Waals surface area contributed by atoms with Gasteiger partial charge in [-0.1, -0.05) is 6.07 Å². The van der Waals surface area contributed by atoms with Gasteiger partial charge in [0.1, 0.15) is 5.65 Å². The van der Waals surface area contributed by atoms with Gasteiger partial charge in [-0.05, 0) is 40.9 Å². The molecule has 0 aliphatic carbocycles. The van der Waals surface area contributed by atoms with Crippen LogP contribution in [0.1, 0.15) is 5.56 Å².